The number of benzene rings is 3. The Morgan fingerprint density at radius 1 is 1.08 bits per heavy atom. The van der Waals surface area contributed by atoms with Gasteiger partial charge in [-0.05, 0) is 60.8 Å². The van der Waals surface area contributed by atoms with E-state index in [0.29, 0.717) is 36.8 Å². The number of halogens is 2. The van der Waals surface area contributed by atoms with Gasteiger partial charge in [-0.25, -0.2) is 9.37 Å². The highest BCUT2D eigenvalue weighted by Crippen LogP contribution is 2.32. The van der Waals surface area contributed by atoms with E-state index in [1.807, 2.05) is 53.6 Å². The van der Waals surface area contributed by atoms with Gasteiger partial charge in [-0.2, -0.15) is 0 Å². The second-order valence-electron chi connectivity index (χ2n) is 9.77. The number of nitrogens with zero attached hydrogens (tertiary/aromatic N) is 3. The van der Waals surface area contributed by atoms with Gasteiger partial charge in [-0.3, -0.25) is 4.79 Å². The fourth-order valence-electron chi connectivity index (χ4n) is 4.60. The highest BCUT2D eigenvalue weighted by Gasteiger charge is 2.32. The molecule has 2 N–H and O–H groups in total. The van der Waals surface area contributed by atoms with Crippen molar-refractivity contribution >= 4 is 17.5 Å². The average Bonchev–Trinajstić information content (AvgIpc) is 3.33. The molecule has 0 aliphatic rings. The Morgan fingerprint density at radius 2 is 1.82 bits per heavy atom. The van der Waals surface area contributed by atoms with E-state index in [9.17, 15) is 9.18 Å². The molecule has 1 atom stereocenters. The maximum Gasteiger partial charge on any atom is 0.261 e. The van der Waals surface area contributed by atoms with Crippen LogP contribution >= 0.6 is 11.6 Å². The molecule has 0 aliphatic heterocycles. The Morgan fingerprint density at radius 3 is 2.49 bits per heavy atom. The minimum Gasteiger partial charge on any atom is -0.484 e. The summed E-state index contributed by atoms with van der Waals surface area (Å²) in [4.78, 5) is 20.5. The number of aromatic nitrogens is 2. The van der Waals surface area contributed by atoms with Crippen LogP contribution in [-0.4, -0.2) is 40.1 Å². The summed E-state index contributed by atoms with van der Waals surface area (Å²) >= 11 is 6.29. The summed E-state index contributed by atoms with van der Waals surface area (Å²) in [6.07, 6.45) is 2.65. The number of rotatable bonds is 12. The lowest BCUT2D eigenvalue weighted by atomic mass is 10.0. The van der Waals surface area contributed by atoms with Gasteiger partial charge >= 0.3 is 0 Å². The molecule has 6 nitrogen and oxygen atoms in total. The average molecular weight is 549 g/mol. The first-order chi connectivity index (χ1) is 18.9. The summed E-state index contributed by atoms with van der Waals surface area (Å²) in [5, 5.41) is 0.629. The largest absolute Gasteiger partial charge is 0.484 e. The Kier molecular flexibility index (Phi) is 9.74. The molecule has 1 heterocycles. The molecule has 0 saturated heterocycles. The van der Waals surface area contributed by atoms with Gasteiger partial charge in [0.25, 0.3) is 5.91 Å². The predicted molar refractivity (Wildman–Crippen MR) is 153 cm³/mol. The smallest absolute Gasteiger partial charge is 0.261 e. The van der Waals surface area contributed by atoms with Gasteiger partial charge in [0.2, 0.25) is 0 Å². The quantitative estimate of drug-likeness (QED) is 0.224. The van der Waals surface area contributed by atoms with Crippen LogP contribution < -0.4 is 10.5 Å². The lowest BCUT2D eigenvalue weighted by Crippen LogP contribution is -2.42. The summed E-state index contributed by atoms with van der Waals surface area (Å²) in [5.41, 5.74) is 8.66. The second kappa shape index (κ2) is 13.4. The molecule has 0 spiro atoms. The van der Waals surface area contributed by atoms with E-state index in [1.165, 1.54) is 24.3 Å². The molecule has 0 aliphatic carbocycles. The van der Waals surface area contributed by atoms with Crippen molar-refractivity contribution in [1.82, 2.24) is 14.5 Å². The van der Waals surface area contributed by atoms with Crippen LogP contribution in [0.5, 0.6) is 5.75 Å². The van der Waals surface area contributed by atoms with Crippen molar-refractivity contribution in [2.75, 3.05) is 19.7 Å². The molecule has 1 aromatic heterocycles. The van der Waals surface area contributed by atoms with Gasteiger partial charge in [0.15, 0.2) is 6.61 Å². The Balaban J connectivity index is 1.71. The number of ether oxygens (including phenoxy) is 1. The fourth-order valence-corrected chi connectivity index (χ4v) is 4.79. The SMILES string of the molecule is CC(C)[C@H](c1nc(-c2cccc(Cl)c2)cn1Cc1ccccc1)N(CCCN)C(=O)COc1ccc(F)cc1. The summed E-state index contributed by atoms with van der Waals surface area (Å²) in [5.74, 6) is 0.694. The zero-order chi connectivity index (χ0) is 27.8. The Labute approximate surface area is 234 Å². The molecular weight excluding hydrogens is 515 g/mol. The normalized spacial score (nSPS) is 11.9. The summed E-state index contributed by atoms with van der Waals surface area (Å²) in [6.45, 7) is 5.47. The van der Waals surface area contributed by atoms with Crippen molar-refractivity contribution in [3.05, 3.63) is 107 Å². The molecule has 0 unspecified atom stereocenters. The molecule has 39 heavy (non-hydrogen) atoms. The topological polar surface area (TPSA) is 73.4 Å². The van der Waals surface area contributed by atoms with Gasteiger partial charge in [0, 0.05) is 29.9 Å². The molecule has 3 aromatic carbocycles. The third-order valence-corrected chi connectivity index (χ3v) is 6.69. The Hall–Kier alpha value is -3.68. The van der Waals surface area contributed by atoms with Crippen molar-refractivity contribution < 1.29 is 13.9 Å². The minimum atomic E-state index is -0.362. The van der Waals surface area contributed by atoms with Crippen molar-refractivity contribution in [1.29, 1.82) is 0 Å². The lowest BCUT2D eigenvalue weighted by Gasteiger charge is -2.34. The number of hydrogen-bond donors (Lipinski definition) is 1. The first-order valence-corrected chi connectivity index (χ1v) is 13.5. The van der Waals surface area contributed by atoms with E-state index in [1.54, 1.807) is 0 Å². The first-order valence-electron chi connectivity index (χ1n) is 13.1. The van der Waals surface area contributed by atoms with Crippen molar-refractivity contribution in [3.8, 4) is 17.0 Å². The van der Waals surface area contributed by atoms with Gasteiger partial charge in [0.05, 0.1) is 11.7 Å². The molecule has 1 amide bonds. The Bertz CT molecular complexity index is 1360. The van der Waals surface area contributed by atoms with E-state index in [4.69, 9.17) is 27.1 Å². The predicted octanol–water partition coefficient (Wildman–Crippen LogP) is 6.34. The third-order valence-electron chi connectivity index (χ3n) is 6.45. The van der Waals surface area contributed by atoms with Gasteiger partial charge in [-0.1, -0.05) is 67.9 Å². The maximum atomic E-state index is 13.6. The van der Waals surface area contributed by atoms with Crippen LogP contribution in [0.25, 0.3) is 11.3 Å². The van der Waals surface area contributed by atoms with E-state index in [0.717, 1.165) is 22.6 Å². The van der Waals surface area contributed by atoms with Crippen LogP contribution in [0, 0.1) is 11.7 Å². The summed E-state index contributed by atoms with van der Waals surface area (Å²) in [6, 6.07) is 23.0. The molecular formula is C31H34ClFN4O2. The van der Waals surface area contributed by atoms with Crippen LogP contribution in [-0.2, 0) is 11.3 Å². The molecule has 0 radical (unpaired) electrons. The molecule has 4 rings (SSSR count). The van der Waals surface area contributed by atoms with E-state index in [-0.39, 0.29) is 30.3 Å². The number of carbonyl (C=O) groups is 1. The van der Waals surface area contributed by atoms with Crippen LogP contribution in [0.3, 0.4) is 0 Å². The molecule has 0 bridgehead atoms. The third kappa shape index (κ3) is 7.46. The van der Waals surface area contributed by atoms with Crippen molar-refractivity contribution in [3.63, 3.8) is 0 Å². The molecule has 0 fully saturated rings. The van der Waals surface area contributed by atoms with Crippen molar-refractivity contribution in [2.24, 2.45) is 11.7 Å². The number of carbonyl (C=O) groups excluding carboxylic acids is 1. The minimum absolute atomic E-state index is 0.0432. The molecule has 0 saturated carbocycles. The number of hydrogen-bond acceptors (Lipinski definition) is 4. The zero-order valence-corrected chi connectivity index (χ0v) is 23.0. The van der Waals surface area contributed by atoms with Gasteiger partial charge in [-0.15, -0.1) is 0 Å². The molecule has 4 aromatic rings. The monoisotopic (exact) mass is 548 g/mol. The number of amides is 1. The van der Waals surface area contributed by atoms with Crippen LogP contribution in [0.2, 0.25) is 5.02 Å². The zero-order valence-electron chi connectivity index (χ0n) is 22.3. The van der Waals surface area contributed by atoms with E-state index < -0.39 is 0 Å². The number of nitrogens with two attached hydrogens (primary N) is 1. The van der Waals surface area contributed by atoms with Crippen LogP contribution in [0.15, 0.2) is 85.1 Å². The van der Waals surface area contributed by atoms with Crippen LogP contribution in [0.4, 0.5) is 4.39 Å². The van der Waals surface area contributed by atoms with Crippen LogP contribution in [0.1, 0.15) is 37.7 Å². The number of imidazole rings is 1. The standard InChI is InChI=1S/C31H34ClFN4O2/c1-22(2)30(37(17-7-16-34)29(38)21-39-27-14-12-26(33)13-15-27)31-35-28(24-10-6-11-25(32)18-24)20-36(31)19-23-8-4-3-5-9-23/h3-6,8-15,18,20,22,30H,7,16-17,19,21,34H2,1-2H3/t30-/m1/s1. The highest BCUT2D eigenvalue weighted by molar-refractivity contribution is 6.30. The lowest BCUT2D eigenvalue weighted by molar-refractivity contribution is -0.137. The van der Waals surface area contributed by atoms with Gasteiger partial charge in [0.1, 0.15) is 17.4 Å². The van der Waals surface area contributed by atoms with Gasteiger partial charge < -0.3 is 19.9 Å². The molecule has 8 heteroatoms. The maximum absolute atomic E-state index is 13.6. The summed E-state index contributed by atoms with van der Waals surface area (Å²) < 4.78 is 21.2. The fraction of sp³-hybridized carbons (Fsp3) is 0.290. The first kappa shape index (κ1) is 28.3. The van der Waals surface area contributed by atoms with E-state index >= 15 is 0 Å². The molecule has 204 valence electrons. The van der Waals surface area contributed by atoms with Crippen molar-refractivity contribution in [2.45, 2.75) is 32.9 Å². The second-order valence-corrected chi connectivity index (χ2v) is 10.2. The highest BCUT2D eigenvalue weighted by atomic mass is 35.5. The summed E-state index contributed by atoms with van der Waals surface area (Å²) in [7, 11) is 0. The van der Waals surface area contributed by atoms with E-state index in [2.05, 4.69) is 30.5 Å².